The van der Waals surface area contributed by atoms with Gasteiger partial charge in [0.15, 0.2) is 0 Å². The van der Waals surface area contributed by atoms with Crippen LogP contribution in [0.2, 0.25) is 0 Å². The third-order valence-electron chi connectivity index (χ3n) is 2.67. The zero-order valence-corrected chi connectivity index (χ0v) is 13.2. The molecule has 0 aromatic heterocycles. The quantitative estimate of drug-likeness (QED) is 0.586. The summed E-state index contributed by atoms with van der Waals surface area (Å²) in [7, 11) is 0. The molecule has 96 valence electrons. The van der Waals surface area contributed by atoms with Crippen molar-refractivity contribution in [3.63, 3.8) is 0 Å². The van der Waals surface area contributed by atoms with Crippen LogP contribution in [-0.2, 0) is 6.54 Å². The maximum atomic E-state index is 3.50. The van der Waals surface area contributed by atoms with Crippen molar-refractivity contribution in [1.29, 1.82) is 0 Å². The lowest BCUT2D eigenvalue weighted by atomic mass is 10.1. The molecule has 0 saturated heterocycles. The number of benzene rings is 1. The molecule has 0 aliphatic rings. The van der Waals surface area contributed by atoms with Crippen molar-refractivity contribution in [2.75, 3.05) is 13.1 Å². The van der Waals surface area contributed by atoms with Crippen LogP contribution in [0.25, 0.3) is 0 Å². The van der Waals surface area contributed by atoms with Crippen LogP contribution in [0.5, 0.6) is 0 Å². The van der Waals surface area contributed by atoms with Crippen molar-refractivity contribution in [2.24, 2.45) is 0 Å². The number of halogens is 1. The predicted molar refractivity (Wildman–Crippen MR) is 83.4 cm³/mol. The Kier molecular flexibility index (Phi) is 7.08. The van der Waals surface area contributed by atoms with Crippen molar-refractivity contribution in [3.05, 3.63) is 32.9 Å². The summed E-state index contributed by atoms with van der Waals surface area (Å²) in [4.78, 5) is 0. The highest BCUT2D eigenvalue weighted by molar-refractivity contribution is 14.1. The average molecular weight is 346 g/mol. The largest absolute Gasteiger partial charge is 0.314 e. The van der Waals surface area contributed by atoms with Crippen LogP contribution in [0, 0.1) is 10.5 Å². The molecule has 0 radical (unpaired) electrons. The van der Waals surface area contributed by atoms with Crippen molar-refractivity contribution >= 4 is 22.6 Å². The highest BCUT2D eigenvalue weighted by Crippen LogP contribution is 2.16. The van der Waals surface area contributed by atoms with Gasteiger partial charge in [-0.1, -0.05) is 32.0 Å². The van der Waals surface area contributed by atoms with Gasteiger partial charge in [-0.3, -0.25) is 0 Å². The molecule has 0 heterocycles. The van der Waals surface area contributed by atoms with E-state index in [4.69, 9.17) is 0 Å². The SMILES string of the molecule is Cc1cccc(CNCCCNC(C)C)c1I. The minimum absolute atomic E-state index is 0.590. The Hall–Kier alpha value is -0.130. The van der Waals surface area contributed by atoms with Crippen LogP contribution in [0.4, 0.5) is 0 Å². The minimum atomic E-state index is 0.590. The zero-order chi connectivity index (χ0) is 12.7. The summed E-state index contributed by atoms with van der Waals surface area (Å²) in [6, 6.07) is 7.09. The summed E-state index contributed by atoms with van der Waals surface area (Å²) in [5.41, 5.74) is 2.77. The average Bonchev–Trinajstić information content (AvgIpc) is 2.28. The second-order valence-electron chi connectivity index (χ2n) is 4.69. The number of rotatable bonds is 7. The molecule has 0 bridgehead atoms. The standard InChI is InChI=1S/C14H23IN2/c1-11(2)17-9-5-8-16-10-13-7-4-6-12(3)14(13)15/h4,6-7,11,16-17H,5,8-10H2,1-3H3. The Morgan fingerprint density at radius 2 is 2.00 bits per heavy atom. The van der Waals surface area contributed by atoms with Crippen LogP contribution >= 0.6 is 22.6 Å². The first-order valence-corrected chi connectivity index (χ1v) is 7.37. The summed E-state index contributed by atoms with van der Waals surface area (Å²) in [6.45, 7) is 9.67. The smallest absolute Gasteiger partial charge is 0.0216 e. The molecule has 1 aromatic carbocycles. The van der Waals surface area contributed by atoms with Gasteiger partial charge in [-0.25, -0.2) is 0 Å². The van der Waals surface area contributed by atoms with Crippen molar-refractivity contribution in [2.45, 2.75) is 39.8 Å². The molecule has 2 N–H and O–H groups in total. The highest BCUT2D eigenvalue weighted by Gasteiger charge is 2.01. The van der Waals surface area contributed by atoms with E-state index in [0.717, 1.165) is 19.6 Å². The first-order chi connectivity index (χ1) is 8.11. The van der Waals surface area contributed by atoms with Crippen LogP contribution < -0.4 is 10.6 Å². The van der Waals surface area contributed by atoms with Gasteiger partial charge in [0.05, 0.1) is 0 Å². The Labute approximate surface area is 119 Å². The molecule has 3 heteroatoms. The lowest BCUT2D eigenvalue weighted by molar-refractivity contribution is 0.547. The lowest BCUT2D eigenvalue weighted by Crippen LogP contribution is -2.26. The number of hydrogen-bond donors (Lipinski definition) is 2. The molecule has 2 nitrogen and oxygen atoms in total. The van der Waals surface area contributed by atoms with E-state index < -0.39 is 0 Å². The van der Waals surface area contributed by atoms with Gasteiger partial charge in [-0.05, 0) is 60.2 Å². The number of aryl methyl sites for hydroxylation is 1. The number of hydrogen-bond acceptors (Lipinski definition) is 2. The zero-order valence-electron chi connectivity index (χ0n) is 11.0. The van der Waals surface area contributed by atoms with E-state index in [9.17, 15) is 0 Å². The molecule has 0 fully saturated rings. The Morgan fingerprint density at radius 1 is 1.24 bits per heavy atom. The molecule has 0 spiro atoms. The second-order valence-corrected chi connectivity index (χ2v) is 5.77. The lowest BCUT2D eigenvalue weighted by Gasteiger charge is -2.10. The fourth-order valence-electron chi connectivity index (χ4n) is 1.67. The third kappa shape index (κ3) is 5.84. The van der Waals surface area contributed by atoms with E-state index in [0.29, 0.717) is 6.04 Å². The van der Waals surface area contributed by atoms with Gasteiger partial charge in [-0.2, -0.15) is 0 Å². The molecule has 1 rings (SSSR count). The molecule has 0 aliphatic heterocycles. The fraction of sp³-hybridized carbons (Fsp3) is 0.571. The maximum Gasteiger partial charge on any atom is 0.0216 e. The second kappa shape index (κ2) is 8.06. The number of nitrogens with one attached hydrogen (secondary N) is 2. The van der Waals surface area contributed by atoms with Crippen molar-refractivity contribution in [3.8, 4) is 0 Å². The topological polar surface area (TPSA) is 24.1 Å². The van der Waals surface area contributed by atoms with Crippen LogP contribution in [0.15, 0.2) is 18.2 Å². The van der Waals surface area contributed by atoms with E-state index in [2.05, 4.69) is 72.2 Å². The van der Waals surface area contributed by atoms with E-state index in [1.165, 1.54) is 21.1 Å². The highest BCUT2D eigenvalue weighted by atomic mass is 127. The minimum Gasteiger partial charge on any atom is -0.314 e. The van der Waals surface area contributed by atoms with Crippen LogP contribution in [-0.4, -0.2) is 19.1 Å². The van der Waals surface area contributed by atoms with Crippen molar-refractivity contribution < 1.29 is 0 Å². The predicted octanol–water partition coefficient (Wildman–Crippen LogP) is 3.08. The maximum absolute atomic E-state index is 3.50. The Morgan fingerprint density at radius 3 is 2.71 bits per heavy atom. The molecule has 0 amide bonds. The normalized spacial score (nSPS) is 11.1. The van der Waals surface area contributed by atoms with E-state index in [1.54, 1.807) is 0 Å². The first-order valence-electron chi connectivity index (χ1n) is 6.29. The van der Waals surface area contributed by atoms with E-state index in [-0.39, 0.29) is 0 Å². The van der Waals surface area contributed by atoms with Crippen molar-refractivity contribution in [1.82, 2.24) is 10.6 Å². The summed E-state index contributed by atoms with van der Waals surface area (Å²) < 4.78 is 1.39. The van der Waals surface area contributed by atoms with Gasteiger partial charge in [0.2, 0.25) is 0 Å². The summed E-state index contributed by atoms with van der Waals surface area (Å²) in [5.74, 6) is 0. The molecular formula is C14H23IN2. The van der Waals surface area contributed by atoms with E-state index in [1.807, 2.05) is 0 Å². The molecule has 0 unspecified atom stereocenters. The Balaban J connectivity index is 2.20. The summed E-state index contributed by atoms with van der Waals surface area (Å²) >= 11 is 2.43. The van der Waals surface area contributed by atoms with Crippen LogP contribution in [0.1, 0.15) is 31.4 Å². The van der Waals surface area contributed by atoms with Gasteiger partial charge < -0.3 is 10.6 Å². The monoisotopic (exact) mass is 346 g/mol. The fourth-order valence-corrected chi connectivity index (χ4v) is 2.22. The van der Waals surface area contributed by atoms with Gasteiger partial charge >= 0.3 is 0 Å². The van der Waals surface area contributed by atoms with Gasteiger partial charge in [-0.15, -0.1) is 0 Å². The molecule has 1 aromatic rings. The molecule has 0 saturated carbocycles. The first kappa shape index (κ1) is 14.9. The molecule has 17 heavy (non-hydrogen) atoms. The van der Waals surface area contributed by atoms with E-state index >= 15 is 0 Å². The molecule has 0 atom stereocenters. The van der Waals surface area contributed by atoms with Gasteiger partial charge in [0.25, 0.3) is 0 Å². The molecule has 0 aliphatic carbocycles. The third-order valence-corrected chi connectivity index (χ3v) is 4.21. The van der Waals surface area contributed by atoms with Gasteiger partial charge in [0, 0.05) is 16.2 Å². The summed E-state index contributed by atoms with van der Waals surface area (Å²) in [5, 5.41) is 6.92. The van der Waals surface area contributed by atoms with Gasteiger partial charge in [0.1, 0.15) is 0 Å². The molecular weight excluding hydrogens is 323 g/mol. The van der Waals surface area contributed by atoms with Crippen LogP contribution in [0.3, 0.4) is 0 Å². The summed E-state index contributed by atoms with van der Waals surface area (Å²) in [6.07, 6.45) is 1.18. The Bertz CT molecular complexity index is 337.